The van der Waals surface area contributed by atoms with Crippen molar-refractivity contribution in [3.05, 3.63) is 146 Å². The maximum atomic E-state index is 6.54. The molecule has 8 aromatic carbocycles. The van der Waals surface area contributed by atoms with E-state index in [9.17, 15) is 0 Å². The molecule has 2 heterocycles. The van der Waals surface area contributed by atoms with E-state index < -0.39 is 0 Å². The number of hydrogen-bond donors (Lipinski definition) is 0. The van der Waals surface area contributed by atoms with Crippen LogP contribution in [0.5, 0.6) is 0 Å². The van der Waals surface area contributed by atoms with Gasteiger partial charge in [-0.3, -0.25) is 4.98 Å². The van der Waals surface area contributed by atoms with Crippen molar-refractivity contribution in [1.29, 1.82) is 0 Å². The monoisotopic (exact) mass is 572 g/mol. The molecule has 2 aromatic heterocycles. The zero-order valence-electron chi connectivity index (χ0n) is 24.2. The summed E-state index contributed by atoms with van der Waals surface area (Å²) in [4.78, 5) is 10.2. The van der Waals surface area contributed by atoms with Gasteiger partial charge in [-0.1, -0.05) is 115 Å². The summed E-state index contributed by atoms with van der Waals surface area (Å²) in [6, 6.07) is 49.3. The molecule has 0 aliphatic rings. The summed E-state index contributed by atoms with van der Waals surface area (Å²) in [7, 11) is 0. The van der Waals surface area contributed by atoms with E-state index in [1.807, 2.05) is 12.3 Å². The van der Waals surface area contributed by atoms with Crippen molar-refractivity contribution in [2.45, 2.75) is 0 Å². The highest BCUT2D eigenvalue weighted by atomic mass is 16.3. The van der Waals surface area contributed by atoms with Gasteiger partial charge in [-0.05, 0) is 62.1 Å². The first-order valence-electron chi connectivity index (χ1n) is 15.2. The quantitative estimate of drug-likeness (QED) is 0.193. The van der Waals surface area contributed by atoms with E-state index in [4.69, 9.17) is 14.4 Å². The molecule has 0 fully saturated rings. The van der Waals surface area contributed by atoms with Crippen LogP contribution in [-0.4, -0.2) is 9.97 Å². The lowest BCUT2D eigenvalue weighted by Gasteiger charge is -2.11. The highest BCUT2D eigenvalue weighted by Gasteiger charge is 2.17. The third-order valence-corrected chi connectivity index (χ3v) is 9.24. The standard InChI is InChI=1S/C42H24N2O/c1-2-10-30-26(9-1)23-36(42-39(30)35-15-7-8-16-38(35)45-42)27-19-17-25-18-20-28(22-29(25)21-27)37-24-43-40-33-13-5-3-11-31(33)32-12-4-6-14-34(32)41(40)44-37/h1-24H. The molecule has 0 bridgehead atoms. The number of rotatable bonds is 2. The van der Waals surface area contributed by atoms with Crippen molar-refractivity contribution in [3.63, 3.8) is 0 Å². The minimum atomic E-state index is 0.862. The summed E-state index contributed by atoms with van der Waals surface area (Å²) in [5.74, 6) is 0. The maximum Gasteiger partial charge on any atom is 0.143 e. The first-order valence-corrected chi connectivity index (χ1v) is 15.2. The molecule has 45 heavy (non-hydrogen) atoms. The van der Waals surface area contributed by atoms with Crippen molar-refractivity contribution < 1.29 is 4.42 Å². The molecule has 10 aromatic rings. The molecule has 0 aliphatic heterocycles. The Morgan fingerprint density at radius 3 is 1.87 bits per heavy atom. The number of furan rings is 1. The summed E-state index contributed by atoms with van der Waals surface area (Å²) in [5.41, 5.74) is 7.81. The van der Waals surface area contributed by atoms with Crippen LogP contribution in [-0.2, 0) is 0 Å². The highest BCUT2D eigenvalue weighted by molar-refractivity contribution is 6.24. The Morgan fingerprint density at radius 1 is 0.444 bits per heavy atom. The van der Waals surface area contributed by atoms with Crippen LogP contribution in [0.1, 0.15) is 0 Å². The summed E-state index contributed by atoms with van der Waals surface area (Å²) >= 11 is 0. The van der Waals surface area contributed by atoms with Gasteiger partial charge in [0.2, 0.25) is 0 Å². The highest BCUT2D eigenvalue weighted by Crippen LogP contribution is 2.42. The summed E-state index contributed by atoms with van der Waals surface area (Å²) < 4.78 is 6.54. The zero-order chi connectivity index (χ0) is 29.5. The van der Waals surface area contributed by atoms with Gasteiger partial charge in [0.25, 0.3) is 0 Å². The summed E-state index contributed by atoms with van der Waals surface area (Å²) in [5, 5.41) is 11.7. The predicted molar refractivity (Wildman–Crippen MR) is 188 cm³/mol. The van der Waals surface area contributed by atoms with Gasteiger partial charge in [-0.15, -0.1) is 0 Å². The number of nitrogens with zero attached hydrogens (tertiary/aromatic N) is 2. The predicted octanol–water partition coefficient (Wildman–Crippen LogP) is 11.5. The molecule has 0 amide bonds. The Kier molecular flexibility index (Phi) is 5.00. The second-order valence-corrected chi connectivity index (χ2v) is 11.8. The molecule has 0 saturated carbocycles. The SMILES string of the molecule is c1ccc2c(c1)cc(-c1ccc3ccc(-c4cnc5c6ccccc6c6ccccc6c5n4)cc3c1)c1oc3ccccc3c12. The van der Waals surface area contributed by atoms with Gasteiger partial charge in [-0.2, -0.15) is 0 Å². The van der Waals surface area contributed by atoms with Gasteiger partial charge in [0.1, 0.15) is 11.2 Å². The molecule has 10 rings (SSSR count). The number of hydrogen-bond acceptors (Lipinski definition) is 3. The Morgan fingerprint density at radius 2 is 1.07 bits per heavy atom. The van der Waals surface area contributed by atoms with Crippen LogP contribution < -0.4 is 0 Å². The largest absolute Gasteiger partial charge is 0.455 e. The number of para-hydroxylation sites is 1. The fourth-order valence-electron chi connectivity index (χ4n) is 7.12. The van der Waals surface area contributed by atoms with E-state index >= 15 is 0 Å². The van der Waals surface area contributed by atoms with Gasteiger partial charge in [0.05, 0.1) is 22.9 Å². The molecule has 3 heteroatoms. The van der Waals surface area contributed by atoms with Crippen molar-refractivity contribution in [2.75, 3.05) is 0 Å². The minimum absolute atomic E-state index is 0.862. The molecule has 0 saturated heterocycles. The van der Waals surface area contributed by atoms with Crippen LogP contribution in [0.3, 0.4) is 0 Å². The first-order chi connectivity index (χ1) is 22.3. The van der Waals surface area contributed by atoms with Crippen molar-refractivity contribution >= 4 is 76.1 Å². The lowest BCUT2D eigenvalue weighted by molar-refractivity contribution is 0.670. The number of fused-ring (bicyclic) bond motifs is 12. The van der Waals surface area contributed by atoms with Crippen LogP contribution >= 0.6 is 0 Å². The second kappa shape index (κ2) is 9.22. The van der Waals surface area contributed by atoms with E-state index in [-0.39, 0.29) is 0 Å². The van der Waals surface area contributed by atoms with E-state index in [0.717, 1.165) is 66.1 Å². The third-order valence-electron chi connectivity index (χ3n) is 9.24. The summed E-state index contributed by atoms with van der Waals surface area (Å²) in [6.07, 6.45) is 1.91. The summed E-state index contributed by atoms with van der Waals surface area (Å²) in [6.45, 7) is 0. The van der Waals surface area contributed by atoms with Gasteiger partial charge in [0, 0.05) is 32.7 Å². The lowest BCUT2D eigenvalue weighted by atomic mass is 9.94. The van der Waals surface area contributed by atoms with Gasteiger partial charge in [0.15, 0.2) is 0 Å². The van der Waals surface area contributed by atoms with Gasteiger partial charge >= 0.3 is 0 Å². The smallest absolute Gasteiger partial charge is 0.143 e. The molecular weight excluding hydrogens is 548 g/mol. The first kappa shape index (κ1) is 24.4. The van der Waals surface area contributed by atoms with Crippen LogP contribution in [0, 0.1) is 0 Å². The Balaban J connectivity index is 1.18. The van der Waals surface area contributed by atoms with E-state index in [0.29, 0.717) is 0 Å². The topological polar surface area (TPSA) is 38.9 Å². The molecule has 3 nitrogen and oxygen atoms in total. The van der Waals surface area contributed by atoms with Crippen LogP contribution in [0.4, 0.5) is 0 Å². The van der Waals surface area contributed by atoms with Crippen molar-refractivity contribution in [2.24, 2.45) is 0 Å². The van der Waals surface area contributed by atoms with E-state index in [1.165, 1.54) is 32.3 Å². The molecule has 0 unspecified atom stereocenters. The molecule has 0 radical (unpaired) electrons. The molecule has 0 atom stereocenters. The molecular formula is C42H24N2O. The average molecular weight is 573 g/mol. The third kappa shape index (κ3) is 3.58. The maximum absolute atomic E-state index is 6.54. The van der Waals surface area contributed by atoms with Crippen LogP contribution in [0.2, 0.25) is 0 Å². The Labute approximate surface area is 258 Å². The van der Waals surface area contributed by atoms with Crippen LogP contribution in [0.25, 0.3) is 98.4 Å². The van der Waals surface area contributed by atoms with Gasteiger partial charge in [-0.25, -0.2) is 4.98 Å². The second-order valence-electron chi connectivity index (χ2n) is 11.8. The van der Waals surface area contributed by atoms with E-state index in [2.05, 4.69) is 133 Å². The molecule has 0 spiro atoms. The fraction of sp³-hybridized carbons (Fsp3) is 0. The minimum Gasteiger partial charge on any atom is -0.455 e. The average Bonchev–Trinajstić information content (AvgIpc) is 3.51. The van der Waals surface area contributed by atoms with Crippen LogP contribution in [0.15, 0.2) is 150 Å². The van der Waals surface area contributed by atoms with Gasteiger partial charge < -0.3 is 4.42 Å². The number of benzene rings is 8. The zero-order valence-corrected chi connectivity index (χ0v) is 24.2. The van der Waals surface area contributed by atoms with Crippen molar-refractivity contribution in [3.8, 4) is 22.4 Å². The normalized spacial score (nSPS) is 12.0. The molecule has 0 aliphatic carbocycles. The van der Waals surface area contributed by atoms with E-state index in [1.54, 1.807) is 0 Å². The lowest BCUT2D eigenvalue weighted by Crippen LogP contribution is -1.92. The molecule has 208 valence electrons. The molecule has 0 N–H and O–H groups in total. The Bertz CT molecular complexity index is 2790. The Hall–Kier alpha value is -6.06. The number of aromatic nitrogens is 2. The fourth-order valence-corrected chi connectivity index (χ4v) is 7.12. The van der Waals surface area contributed by atoms with Crippen molar-refractivity contribution in [1.82, 2.24) is 9.97 Å².